The predicted molar refractivity (Wildman–Crippen MR) is 110 cm³/mol. The molecule has 7 heteroatoms. The van der Waals surface area contributed by atoms with Crippen molar-refractivity contribution >= 4 is 35.7 Å². The van der Waals surface area contributed by atoms with Crippen LogP contribution in [0.2, 0.25) is 0 Å². The maximum atomic E-state index is 13.1. The van der Waals surface area contributed by atoms with Crippen molar-refractivity contribution in [1.29, 1.82) is 0 Å². The van der Waals surface area contributed by atoms with Crippen LogP contribution < -0.4 is 20.9 Å². The summed E-state index contributed by atoms with van der Waals surface area (Å²) in [6.45, 7) is 4.94. The molecule has 4 rings (SSSR count). The maximum Gasteiger partial charge on any atom is 0.321 e. The lowest BCUT2D eigenvalue weighted by Crippen LogP contribution is -2.44. The van der Waals surface area contributed by atoms with Crippen LogP contribution in [-0.2, 0) is 11.2 Å². The molecule has 6 nitrogen and oxygen atoms in total. The Morgan fingerprint density at radius 1 is 1.33 bits per heavy atom. The summed E-state index contributed by atoms with van der Waals surface area (Å²) in [4.78, 5) is 27.2. The first-order valence-corrected chi connectivity index (χ1v) is 9.84. The summed E-state index contributed by atoms with van der Waals surface area (Å²) in [7, 11) is 0. The topological polar surface area (TPSA) is 73.5 Å². The standard InChI is InChI=1S/C20H28N4O2.ClH/c1-2-22-19(26)24-10-8-14-6-7-16(11-17(14)24)23-18(25)20-9-4-3-5-15(20)12-21-13-20;/h6-7,11,15,21H,2-5,8-10,12-13H2,1H3,(H,22,26)(H,23,25);1H/t15-,20+;/m0./s1. The zero-order valence-corrected chi connectivity index (χ0v) is 16.7. The van der Waals surface area contributed by atoms with E-state index in [2.05, 4.69) is 16.0 Å². The Morgan fingerprint density at radius 3 is 3.00 bits per heavy atom. The summed E-state index contributed by atoms with van der Waals surface area (Å²) in [5, 5.41) is 9.45. The van der Waals surface area contributed by atoms with E-state index < -0.39 is 0 Å². The van der Waals surface area contributed by atoms with E-state index in [9.17, 15) is 9.59 Å². The molecule has 1 saturated heterocycles. The minimum absolute atomic E-state index is 0. The van der Waals surface area contributed by atoms with Crippen molar-refractivity contribution in [2.45, 2.75) is 39.0 Å². The van der Waals surface area contributed by atoms with E-state index in [0.29, 0.717) is 19.0 Å². The number of halogens is 1. The number of fused-ring (bicyclic) bond motifs is 2. The van der Waals surface area contributed by atoms with E-state index in [0.717, 1.165) is 55.7 Å². The average Bonchev–Trinajstić information content (AvgIpc) is 3.26. The van der Waals surface area contributed by atoms with Crippen LogP contribution >= 0.6 is 12.4 Å². The molecule has 0 radical (unpaired) electrons. The minimum Gasteiger partial charge on any atom is -0.338 e. The molecule has 2 aliphatic heterocycles. The number of carbonyl (C=O) groups is 2. The summed E-state index contributed by atoms with van der Waals surface area (Å²) < 4.78 is 0. The van der Waals surface area contributed by atoms with Crippen LogP contribution in [0.15, 0.2) is 18.2 Å². The number of amides is 3. The van der Waals surface area contributed by atoms with Gasteiger partial charge < -0.3 is 16.0 Å². The molecule has 0 aromatic heterocycles. The molecule has 2 fully saturated rings. The van der Waals surface area contributed by atoms with Crippen molar-refractivity contribution in [2.24, 2.45) is 11.3 Å². The van der Waals surface area contributed by atoms with Gasteiger partial charge in [0.1, 0.15) is 0 Å². The fraction of sp³-hybridized carbons (Fsp3) is 0.600. The lowest BCUT2D eigenvalue weighted by atomic mass is 9.67. The van der Waals surface area contributed by atoms with Gasteiger partial charge in [-0.3, -0.25) is 9.69 Å². The van der Waals surface area contributed by atoms with E-state index >= 15 is 0 Å². The molecule has 1 aromatic carbocycles. The first kappa shape index (κ1) is 20.0. The van der Waals surface area contributed by atoms with Crippen molar-refractivity contribution in [3.63, 3.8) is 0 Å². The molecule has 0 spiro atoms. The molecule has 1 aliphatic carbocycles. The quantitative estimate of drug-likeness (QED) is 0.740. The number of nitrogens with one attached hydrogen (secondary N) is 3. The van der Waals surface area contributed by atoms with Crippen LogP contribution in [0, 0.1) is 11.3 Å². The maximum absolute atomic E-state index is 13.1. The highest BCUT2D eigenvalue weighted by Gasteiger charge is 2.49. The van der Waals surface area contributed by atoms with Gasteiger partial charge in [-0.05, 0) is 56.3 Å². The molecule has 1 aromatic rings. The fourth-order valence-corrected chi connectivity index (χ4v) is 4.86. The largest absolute Gasteiger partial charge is 0.338 e. The second-order valence-corrected chi connectivity index (χ2v) is 7.76. The molecule has 0 bridgehead atoms. The zero-order valence-electron chi connectivity index (χ0n) is 15.8. The van der Waals surface area contributed by atoms with E-state index in [-0.39, 0.29) is 29.8 Å². The van der Waals surface area contributed by atoms with Gasteiger partial charge in [0.05, 0.1) is 11.1 Å². The van der Waals surface area contributed by atoms with Crippen molar-refractivity contribution < 1.29 is 9.59 Å². The molecule has 1 saturated carbocycles. The van der Waals surface area contributed by atoms with Gasteiger partial charge in [-0.2, -0.15) is 0 Å². The van der Waals surface area contributed by atoms with Crippen molar-refractivity contribution in [3.05, 3.63) is 23.8 Å². The van der Waals surface area contributed by atoms with Gasteiger partial charge in [-0.15, -0.1) is 12.4 Å². The molecule has 0 unspecified atom stereocenters. The summed E-state index contributed by atoms with van der Waals surface area (Å²) in [6.07, 6.45) is 5.31. The van der Waals surface area contributed by atoms with Gasteiger partial charge in [-0.25, -0.2) is 4.79 Å². The highest BCUT2D eigenvalue weighted by molar-refractivity contribution is 5.99. The Kier molecular flexibility index (Phi) is 5.96. The number of nitrogens with zero attached hydrogens (tertiary/aromatic N) is 1. The Labute approximate surface area is 166 Å². The zero-order chi connectivity index (χ0) is 18.1. The summed E-state index contributed by atoms with van der Waals surface area (Å²) in [6, 6.07) is 5.88. The molecule has 27 heavy (non-hydrogen) atoms. The Bertz CT molecular complexity index is 726. The Morgan fingerprint density at radius 2 is 2.19 bits per heavy atom. The summed E-state index contributed by atoms with van der Waals surface area (Å²) >= 11 is 0. The third kappa shape index (κ3) is 3.52. The third-order valence-corrected chi connectivity index (χ3v) is 6.30. The fourth-order valence-electron chi connectivity index (χ4n) is 4.86. The van der Waals surface area contributed by atoms with Gasteiger partial charge in [0.2, 0.25) is 5.91 Å². The normalized spacial score (nSPS) is 26.0. The van der Waals surface area contributed by atoms with E-state index in [1.54, 1.807) is 4.90 Å². The van der Waals surface area contributed by atoms with Gasteiger partial charge in [0.15, 0.2) is 0 Å². The van der Waals surface area contributed by atoms with Crippen molar-refractivity contribution in [1.82, 2.24) is 10.6 Å². The molecule has 148 valence electrons. The second-order valence-electron chi connectivity index (χ2n) is 7.76. The van der Waals surface area contributed by atoms with Crippen LogP contribution in [-0.4, -0.2) is 38.1 Å². The van der Waals surface area contributed by atoms with Gasteiger partial charge >= 0.3 is 6.03 Å². The molecule has 3 N–H and O–H groups in total. The number of carbonyl (C=O) groups excluding carboxylic acids is 2. The summed E-state index contributed by atoms with van der Waals surface area (Å²) in [5.74, 6) is 0.576. The number of benzene rings is 1. The SMILES string of the molecule is CCNC(=O)N1CCc2ccc(NC(=O)[C@@]34CCCC[C@H]3CNC4)cc21.Cl. The second kappa shape index (κ2) is 8.07. The van der Waals surface area contributed by atoms with Gasteiger partial charge in [0, 0.05) is 25.3 Å². The Balaban J connectivity index is 0.00000210. The van der Waals surface area contributed by atoms with Crippen molar-refractivity contribution in [3.8, 4) is 0 Å². The molecule has 3 amide bonds. The highest BCUT2D eigenvalue weighted by atomic mass is 35.5. The first-order valence-electron chi connectivity index (χ1n) is 9.84. The highest BCUT2D eigenvalue weighted by Crippen LogP contribution is 2.44. The minimum atomic E-state index is -0.267. The number of hydrogen-bond acceptors (Lipinski definition) is 3. The lowest BCUT2D eigenvalue weighted by molar-refractivity contribution is -0.128. The van der Waals surface area contributed by atoms with Crippen LogP contribution in [0.1, 0.15) is 38.2 Å². The lowest BCUT2D eigenvalue weighted by Gasteiger charge is -2.37. The van der Waals surface area contributed by atoms with Crippen molar-refractivity contribution in [2.75, 3.05) is 36.4 Å². The third-order valence-electron chi connectivity index (χ3n) is 6.30. The Hall–Kier alpha value is -1.79. The summed E-state index contributed by atoms with van der Waals surface area (Å²) in [5.41, 5.74) is 2.59. The first-order chi connectivity index (χ1) is 12.6. The predicted octanol–water partition coefficient (Wildman–Crippen LogP) is 2.92. The molecule has 3 aliphatic rings. The molecule has 2 atom stereocenters. The van der Waals surface area contributed by atoms with Crippen LogP contribution in [0.4, 0.5) is 16.2 Å². The number of anilines is 2. The van der Waals surface area contributed by atoms with Crippen LogP contribution in [0.3, 0.4) is 0 Å². The molecule has 2 heterocycles. The smallest absolute Gasteiger partial charge is 0.321 e. The van der Waals surface area contributed by atoms with Crippen LogP contribution in [0.5, 0.6) is 0 Å². The van der Waals surface area contributed by atoms with Crippen LogP contribution in [0.25, 0.3) is 0 Å². The van der Waals surface area contributed by atoms with Gasteiger partial charge in [0.25, 0.3) is 0 Å². The molecular weight excluding hydrogens is 364 g/mol. The molecular formula is C20H29ClN4O2. The number of hydrogen-bond donors (Lipinski definition) is 3. The number of rotatable bonds is 3. The average molecular weight is 393 g/mol. The van der Waals surface area contributed by atoms with E-state index in [1.165, 1.54) is 6.42 Å². The van der Waals surface area contributed by atoms with E-state index in [1.807, 2.05) is 25.1 Å². The van der Waals surface area contributed by atoms with Gasteiger partial charge in [-0.1, -0.05) is 18.9 Å². The number of urea groups is 1. The monoisotopic (exact) mass is 392 g/mol. The van der Waals surface area contributed by atoms with E-state index in [4.69, 9.17) is 0 Å².